The van der Waals surface area contributed by atoms with E-state index in [4.69, 9.17) is 9.47 Å². The van der Waals surface area contributed by atoms with Gasteiger partial charge in [0.25, 0.3) is 5.91 Å². The molecule has 5 nitrogen and oxygen atoms in total. The van der Waals surface area contributed by atoms with Gasteiger partial charge in [0.2, 0.25) is 6.10 Å². The van der Waals surface area contributed by atoms with Crippen LogP contribution < -0.4 is 9.47 Å². The van der Waals surface area contributed by atoms with Crippen LogP contribution in [0.25, 0.3) is 0 Å². The van der Waals surface area contributed by atoms with E-state index in [1.807, 2.05) is 18.2 Å². The zero-order valence-electron chi connectivity index (χ0n) is 9.91. The molecule has 5 heteroatoms. The number of rotatable bonds is 1. The number of ether oxygens (including phenoxy) is 2. The minimum atomic E-state index is -0.606. The van der Waals surface area contributed by atoms with Gasteiger partial charge in [-0.05, 0) is 18.6 Å². The molecule has 0 aromatic heterocycles. The molecule has 1 N–H and O–H groups in total. The van der Waals surface area contributed by atoms with Crippen molar-refractivity contribution in [2.24, 2.45) is 0 Å². The number of β-amino-alcohol motifs (C(OH)–C–C–N with tert-alkyl or cyclic N) is 1. The molecule has 0 aliphatic carbocycles. The Morgan fingerprint density at radius 2 is 2.11 bits per heavy atom. The van der Waals surface area contributed by atoms with Crippen LogP contribution in [0.3, 0.4) is 0 Å². The minimum absolute atomic E-state index is 0.110. The summed E-state index contributed by atoms with van der Waals surface area (Å²) in [5.41, 5.74) is 0. The highest BCUT2D eigenvalue weighted by Crippen LogP contribution is 2.31. The van der Waals surface area contributed by atoms with Gasteiger partial charge < -0.3 is 19.5 Å². The number of carbonyl (C=O) groups is 1. The maximum atomic E-state index is 12.2. The molecule has 0 saturated carbocycles. The lowest BCUT2D eigenvalue weighted by atomic mass is 10.2. The minimum Gasteiger partial charge on any atom is -0.485 e. The Hall–Kier alpha value is -1.75. The summed E-state index contributed by atoms with van der Waals surface area (Å²) in [4.78, 5) is 13.8. The number of aliphatic hydroxyl groups excluding tert-OH is 1. The van der Waals surface area contributed by atoms with Crippen molar-refractivity contribution in [1.29, 1.82) is 0 Å². The molecule has 1 saturated heterocycles. The summed E-state index contributed by atoms with van der Waals surface area (Å²) < 4.78 is 11.2. The molecular weight excluding hydrogens is 234 g/mol. The van der Waals surface area contributed by atoms with E-state index in [-0.39, 0.29) is 12.5 Å². The molecule has 0 bridgehead atoms. The molecule has 1 fully saturated rings. The smallest absolute Gasteiger partial charge is 0.267 e. The Balaban J connectivity index is 1.70. The fourth-order valence-electron chi connectivity index (χ4n) is 2.29. The molecule has 2 aliphatic rings. The molecule has 1 aromatic carbocycles. The van der Waals surface area contributed by atoms with Crippen molar-refractivity contribution in [3.05, 3.63) is 24.3 Å². The second-order valence-corrected chi connectivity index (χ2v) is 4.59. The van der Waals surface area contributed by atoms with E-state index in [2.05, 4.69) is 0 Å². The van der Waals surface area contributed by atoms with Crippen molar-refractivity contribution in [1.82, 2.24) is 4.90 Å². The molecule has 0 unspecified atom stereocenters. The summed E-state index contributed by atoms with van der Waals surface area (Å²) in [5, 5.41) is 9.44. The van der Waals surface area contributed by atoms with Crippen LogP contribution in [0.5, 0.6) is 11.5 Å². The summed E-state index contributed by atoms with van der Waals surface area (Å²) in [6.45, 7) is 1.20. The van der Waals surface area contributed by atoms with Crippen LogP contribution in [0.4, 0.5) is 0 Å². The normalized spacial score (nSPS) is 26.2. The highest BCUT2D eigenvalue weighted by atomic mass is 16.6. The predicted octanol–water partition coefficient (Wildman–Crippen LogP) is 0.420. The predicted molar refractivity (Wildman–Crippen MR) is 63.6 cm³/mol. The Labute approximate surface area is 105 Å². The van der Waals surface area contributed by atoms with Crippen molar-refractivity contribution < 1.29 is 19.4 Å². The first kappa shape index (κ1) is 11.3. The lowest BCUT2D eigenvalue weighted by Crippen LogP contribution is -2.45. The zero-order chi connectivity index (χ0) is 12.5. The average Bonchev–Trinajstić information content (AvgIpc) is 2.84. The number of benzene rings is 1. The summed E-state index contributed by atoms with van der Waals surface area (Å²) in [6, 6.07) is 7.30. The second-order valence-electron chi connectivity index (χ2n) is 4.59. The van der Waals surface area contributed by atoms with Gasteiger partial charge in [0, 0.05) is 13.1 Å². The van der Waals surface area contributed by atoms with E-state index in [9.17, 15) is 9.90 Å². The third-order valence-corrected chi connectivity index (χ3v) is 3.26. The van der Waals surface area contributed by atoms with Crippen LogP contribution in [0.2, 0.25) is 0 Å². The van der Waals surface area contributed by atoms with E-state index in [1.165, 1.54) is 0 Å². The fourth-order valence-corrected chi connectivity index (χ4v) is 2.29. The topological polar surface area (TPSA) is 59.0 Å². The Bertz CT molecular complexity index is 462. The van der Waals surface area contributed by atoms with E-state index < -0.39 is 12.2 Å². The number of amides is 1. The zero-order valence-corrected chi connectivity index (χ0v) is 9.91. The van der Waals surface area contributed by atoms with Crippen LogP contribution in [-0.2, 0) is 4.79 Å². The van der Waals surface area contributed by atoms with Gasteiger partial charge in [0.1, 0.15) is 6.61 Å². The molecule has 2 atom stereocenters. The molecule has 18 heavy (non-hydrogen) atoms. The largest absolute Gasteiger partial charge is 0.485 e. The second kappa shape index (κ2) is 4.49. The Morgan fingerprint density at radius 1 is 1.33 bits per heavy atom. The molecule has 96 valence electrons. The number of fused-ring (bicyclic) bond motifs is 1. The number of hydrogen-bond acceptors (Lipinski definition) is 4. The van der Waals surface area contributed by atoms with Crippen LogP contribution >= 0.6 is 0 Å². The van der Waals surface area contributed by atoms with Crippen LogP contribution in [0.1, 0.15) is 6.42 Å². The van der Waals surface area contributed by atoms with Crippen molar-refractivity contribution in [2.45, 2.75) is 18.6 Å². The number of aliphatic hydroxyl groups is 1. The van der Waals surface area contributed by atoms with E-state index in [1.54, 1.807) is 11.0 Å². The maximum absolute atomic E-state index is 12.2. The van der Waals surface area contributed by atoms with Crippen LogP contribution in [0, 0.1) is 0 Å². The van der Waals surface area contributed by atoms with E-state index in [0.717, 1.165) is 0 Å². The number of para-hydroxylation sites is 2. The molecule has 0 spiro atoms. The highest BCUT2D eigenvalue weighted by Gasteiger charge is 2.34. The van der Waals surface area contributed by atoms with Gasteiger partial charge in [-0.1, -0.05) is 12.1 Å². The van der Waals surface area contributed by atoms with E-state index in [0.29, 0.717) is 31.0 Å². The number of carbonyl (C=O) groups excluding carboxylic acids is 1. The van der Waals surface area contributed by atoms with Gasteiger partial charge >= 0.3 is 0 Å². The Kier molecular flexibility index (Phi) is 2.83. The summed E-state index contributed by atoms with van der Waals surface area (Å²) in [5.74, 6) is 1.16. The van der Waals surface area contributed by atoms with Crippen molar-refractivity contribution >= 4 is 5.91 Å². The van der Waals surface area contributed by atoms with Gasteiger partial charge in [-0.15, -0.1) is 0 Å². The van der Waals surface area contributed by atoms with Gasteiger partial charge in [-0.25, -0.2) is 0 Å². The number of likely N-dealkylation sites (tertiary alicyclic amines) is 1. The SMILES string of the molecule is O=C([C@H]1COc2ccccc2O1)N1CC[C@H](O)C1. The first-order chi connectivity index (χ1) is 8.74. The van der Waals surface area contributed by atoms with Gasteiger partial charge in [-0.2, -0.15) is 0 Å². The van der Waals surface area contributed by atoms with Gasteiger partial charge in [-0.3, -0.25) is 4.79 Å². The van der Waals surface area contributed by atoms with Crippen molar-refractivity contribution in [3.8, 4) is 11.5 Å². The van der Waals surface area contributed by atoms with Crippen LogP contribution in [0.15, 0.2) is 24.3 Å². The first-order valence-electron chi connectivity index (χ1n) is 6.09. The monoisotopic (exact) mass is 249 g/mol. The number of hydrogen-bond donors (Lipinski definition) is 1. The maximum Gasteiger partial charge on any atom is 0.267 e. The van der Waals surface area contributed by atoms with E-state index >= 15 is 0 Å². The first-order valence-corrected chi connectivity index (χ1v) is 6.09. The lowest BCUT2D eigenvalue weighted by molar-refractivity contribution is -0.140. The summed E-state index contributed by atoms with van der Waals surface area (Å²) in [6.07, 6.45) is -0.383. The summed E-state index contributed by atoms with van der Waals surface area (Å²) >= 11 is 0. The standard InChI is InChI=1S/C13H15NO4/c15-9-5-6-14(7-9)13(16)12-8-17-10-3-1-2-4-11(10)18-12/h1-4,9,12,15H,5-8H2/t9-,12+/m0/s1. The summed E-state index contributed by atoms with van der Waals surface area (Å²) in [7, 11) is 0. The third-order valence-electron chi connectivity index (χ3n) is 3.26. The van der Waals surface area contributed by atoms with Crippen molar-refractivity contribution in [2.75, 3.05) is 19.7 Å². The van der Waals surface area contributed by atoms with Crippen molar-refractivity contribution in [3.63, 3.8) is 0 Å². The lowest BCUT2D eigenvalue weighted by Gasteiger charge is -2.28. The molecule has 2 heterocycles. The van der Waals surface area contributed by atoms with Crippen LogP contribution in [-0.4, -0.2) is 47.8 Å². The highest BCUT2D eigenvalue weighted by molar-refractivity contribution is 5.82. The molecule has 2 aliphatic heterocycles. The third kappa shape index (κ3) is 2.01. The van der Waals surface area contributed by atoms with Gasteiger partial charge in [0.05, 0.1) is 6.10 Å². The fraction of sp³-hybridized carbons (Fsp3) is 0.462. The molecule has 0 radical (unpaired) electrons. The van der Waals surface area contributed by atoms with Gasteiger partial charge in [0.15, 0.2) is 11.5 Å². The number of nitrogens with zero attached hydrogens (tertiary/aromatic N) is 1. The average molecular weight is 249 g/mol. The molecular formula is C13H15NO4. The molecule has 1 amide bonds. The molecule has 1 aromatic rings. The Morgan fingerprint density at radius 3 is 2.83 bits per heavy atom. The molecule has 3 rings (SSSR count). The quantitative estimate of drug-likeness (QED) is 0.783.